The Morgan fingerprint density at radius 1 is 1.62 bits per heavy atom. The van der Waals surface area contributed by atoms with E-state index in [2.05, 4.69) is 23.4 Å². The Labute approximate surface area is 97.0 Å². The number of rotatable bonds is 4. The summed E-state index contributed by atoms with van der Waals surface area (Å²) in [5.74, 6) is 0. The van der Waals surface area contributed by atoms with Crippen LogP contribution in [-0.4, -0.2) is 29.0 Å². The first-order valence-corrected chi connectivity index (χ1v) is 6.13. The van der Waals surface area contributed by atoms with Crippen molar-refractivity contribution in [3.63, 3.8) is 0 Å². The SMILES string of the molecule is CCc1cc(COC2CCCNC2)n(C)n1. The van der Waals surface area contributed by atoms with Gasteiger partial charge in [-0.15, -0.1) is 0 Å². The molecule has 1 aromatic heterocycles. The molecule has 1 fully saturated rings. The highest BCUT2D eigenvalue weighted by Gasteiger charge is 2.14. The zero-order valence-corrected chi connectivity index (χ0v) is 10.2. The summed E-state index contributed by atoms with van der Waals surface area (Å²) in [5.41, 5.74) is 2.31. The number of aryl methyl sites for hydroxylation is 2. The Morgan fingerprint density at radius 2 is 2.50 bits per heavy atom. The van der Waals surface area contributed by atoms with Gasteiger partial charge in [-0.3, -0.25) is 4.68 Å². The van der Waals surface area contributed by atoms with E-state index in [0.717, 1.165) is 25.2 Å². The third-order valence-electron chi connectivity index (χ3n) is 3.11. The van der Waals surface area contributed by atoms with Crippen LogP contribution in [0.5, 0.6) is 0 Å². The fraction of sp³-hybridized carbons (Fsp3) is 0.750. The van der Waals surface area contributed by atoms with Crippen molar-refractivity contribution in [3.05, 3.63) is 17.5 Å². The number of hydrogen-bond donors (Lipinski definition) is 1. The van der Waals surface area contributed by atoms with Crippen LogP contribution in [0.4, 0.5) is 0 Å². The Bertz CT molecular complexity index is 329. The maximum atomic E-state index is 5.88. The fourth-order valence-corrected chi connectivity index (χ4v) is 2.04. The highest BCUT2D eigenvalue weighted by molar-refractivity contribution is 5.09. The summed E-state index contributed by atoms with van der Waals surface area (Å²) < 4.78 is 7.81. The van der Waals surface area contributed by atoms with Gasteiger partial charge in [0.15, 0.2) is 0 Å². The molecule has 0 spiro atoms. The molecule has 1 saturated heterocycles. The van der Waals surface area contributed by atoms with E-state index < -0.39 is 0 Å². The third kappa shape index (κ3) is 2.83. The summed E-state index contributed by atoms with van der Waals surface area (Å²) in [6.45, 7) is 4.91. The van der Waals surface area contributed by atoms with Crippen LogP contribution in [0.1, 0.15) is 31.2 Å². The Hall–Kier alpha value is -0.870. The molecule has 0 aromatic carbocycles. The number of hydrogen-bond acceptors (Lipinski definition) is 3. The highest BCUT2D eigenvalue weighted by atomic mass is 16.5. The van der Waals surface area contributed by atoms with Gasteiger partial charge in [-0.25, -0.2) is 0 Å². The van der Waals surface area contributed by atoms with Gasteiger partial charge in [-0.05, 0) is 31.9 Å². The third-order valence-corrected chi connectivity index (χ3v) is 3.11. The van der Waals surface area contributed by atoms with Gasteiger partial charge >= 0.3 is 0 Å². The van der Waals surface area contributed by atoms with Crippen LogP contribution in [0.25, 0.3) is 0 Å². The molecule has 0 bridgehead atoms. The topological polar surface area (TPSA) is 39.1 Å². The van der Waals surface area contributed by atoms with Crippen LogP contribution in [0.3, 0.4) is 0 Å². The molecule has 4 nitrogen and oxygen atoms in total. The molecule has 0 saturated carbocycles. The van der Waals surface area contributed by atoms with Crippen LogP contribution >= 0.6 is 0 Å². The standard InChI is InChI=1S/C12H21N3O/c1-3-10-7-11(15(2)14-10)9-16-12-5-4-6-13-8-12/h7,12-13H,3-6,8-9H2,1-2H3. The normalized spacial score (nSPS) is 21.2. The minimum atomic E-state index is 0.369. The number of nitrogens with one attached hydrogen (secondary N) is 1. The Kier molecular flexibility index (Phi) is 3.96. The first kappa shape index (κ1) is 11.6. The van der Waals surface area contributed by atoms with Gasteiger partial charge in [-0.1, -0.05) is 6.92 Å². The van der Waals surface area contributed by atoms with Gasteiger partial charge < -0.3 is 10.1 Å². The summed E-state index contributed by atoms with van der Waals surface area (Å²) >= 11 is 0. The molecule has 2 rings (SSSR count). The predicted octanol–water partition coefficient (Wildman–Crippen LogP) is 1.25. The van der Waals surface area contributed by atoms with E-state index in [-0.39, 0.29) is 0 Å². The van der Waals surface area contributed by atoms with Crippen molar-refractivity contribution in [2.24, 2.45) is 7.05 Å². The van der Waals surface area contributed by atoms with Crippen molar-refractivity contribution in [2.45, 2.75) is 38.9 Å². The second-order valence-electron chi connectivity index (χ2n) is 4.38. The van der Waals surface area contributed by atoms with Crippen molar-refractivity contribution in [3.8, 4) is 0 Å². The minimum Gasteiger partial charge on any atom is -0.371 e. The lowest BCUT2D eigenvalue weighted by molar-refractivity contribution is 0.0222. The van der Waals surface area contributed by atoms with E-state index in [9.17, 15) is 0 Å². The summed E-state index contributed by atoms with van der Waals surface area (Å²) in [4.78, 5) is 0. The molecule has 1 atom stereocenters. The molecule has 0 aliphatic carbocycles. The Morgan fingerprint density at radius 3 is 3.12 bits per heavy atom. The van der Waals surface area contributed by atoms with E-state index >= 15 is 0 Å². The van der Waals surface area contributed by atoms with Gasteiger partial charge in [0.2, 0.25) is 0 Å². The average molecular weight is 223 g/mol. The molecular weight excluding hydrogens is 202 g/mol. The quantitative estimate of drug-likeness (QED) is 0.835. The maximum absolute atomic E-state index is 5.88. The van der Waals surface area contributed by atoms with Crippen LogP contribution in [0.15, 0.2) is 6.07 Å². The molecule has 4 heteroatoms. The van der Waals surface area contributed by atoms with Crippen molar-refractivity contribution >= 4 is 0 Å². The fourth-order valence-electron chi connectivity index (χ4n) is 2.04. The zero-order valence-electron chi connectivity index (χ0n) is 10.2. The molecule has 1 aromatic rings. The number of aromatic nitrogens is 2. The van der Waals surface area contributed by atoms with E-state index in [1.54, 1.807) is 0 Å². The summed E-state index contributed by atoms with van der Waals surface area (Å²) in [5, 5.41) is 7.77. The summed E-state index contributed by atoms with van der Waals surface area (Å²) in [6, 6.07) is 2.14. The Balaban J connectivity index is 1.85. The monoisotopic (exact) mass is 223 g/mol. The smallest absolute Gasteiger partial charge is 0.0889 e. The van der Waals surface area contributed by atoms with Gasteiger partial charge in [0.05, 0.1) is 24.1 Å². The van der Waals surface area contributed by atoms with Crippen LogP contribution in [0.2, 0.25) is 0 Å². The lowest BCUT2D eigenvalue weighted by Crippen LogP contribution is -2.35. The molecule has 16 heavy (non-hydrogen) atoms. The van der Waals surface area contributed by atoms with E-state index in [4.69, 9.17) is 4.74 Å². The average Bonchev–Trinajstić information content (AvgIpc) is 2.69. The lowest BCUT2D eigenvalue weighted by Gasteiger charge is -2.22. The molecule has 0 amide bonds. The van der Waals surface area contributed by atoms with Gasteiger partial charge in [0.25, 0.3) is 0 Å². The number of piperidine rings is 1. The first-order chi connectivity index (χ1) is 7.79. The van der Waals surface area contributed by atoms with Crippen molar-refractivity contribution < 1.29 is 4.74 Å². The predicted molar refractivity (Wildman–Crippen MR) is 63.3 cm³/mol. The van der Waals surface area contributed by atoms with E-state index in [1.165, 1.54) is 18.5 Å². The van der Waals surface area contributed by atoms with Crippen LogP contribution in [-0.2, 0) is 24.8 Å². The van der Waals surface area contributed by atoms with Crippen molar-refractivity contribution in [1.29, 1.82) is 0 Å². The number of ether oxygens (including phenoxy) is 1. The van der Waals surface area contributed by atoms with Gasteiger partial charge in [-0.2, -0.15) is 5.10 Å². The first-order valence-electron chi connectivity index (χ1n) is 6.13. The molecule has 90 valence electrons. The number of nitrogens with zero attached hydrogens (tertiary/aromatic N) is 2. The lowest BCUT2D eigenvalue weighted by atomic mass is 10.1. The summed E-state index contributed by atoms with van der Waals surface area (Å²) in [7, 11) is 1.98. The van der Waals surface area contributed by atoms with Gasteiger partial charge in [0, 0.05) is 13.6 Å². The van der Waals surface area contributed by atoms with Gasteiger partial charge in [0.1, 0.15) is 0 Å². The molecule has 1 aliphatic heterocycles. The molecule has 2 heterocycles. The van der Waals surface area contributed by atoms with Crippen molar-refractivity contribution in [1.82, 2.24) is 15.1 Å². The highest BCUT2D eigenvalue weighted by Crippen LogP contribution is 2.11. The second-order valence-corrected chi connectivity index (χ2v) is 4.38. The summed E-state index contributed by atoms with van der Waals surface area (Å²) in [6.07, 6.45) is 3.74. The van der Waals surface area contributed by atoms with Crippen LogP contribution in [0, 0.1) is 0 Å². The zero-order chi connectivity index (χ0) is 11.4. The molecule has 0 radical (unpaired) electrons. The second kappa shape index (κ2) is 5.46. The minimum absolute atomic E-state index is 0.369. The van der Waals surface area contributed by atoms with E-state index in [1.807, 2.05) is 11.7 Å². The molecular formula is C12H21N3O. The molecule has 1 unspecified atom stereocenters. The van der Waals surface area contributed by atoms with Crippen LogP contribution < -0.4 is 5.32 Å². The molecule has 1 N–H and O–H groups in total. The molecule has 1 aliphatic rings. The van der Waals surface area contributed by atoms with Crippen molar-refractivity contribution in [2.75, 3.05) is 13.1 Å². The van der Waals surface area contributed by atoms with E-state index in [0.29, 0.717) is 12.7 Å². The maximum Gasteiger partial charge on any atom is 0.0889 e. The largest absolute Gasteiger partial charge is 0.371 e.